The number of amides is 4. The van der Waals surface area contributed by atoms with Crippen LogP contribution in [0.1, 0.15) is 11.7 Å². The second-order valence-electron chi connectivity index (χ2n) is 7.58. The average Bonchev–Trinajstić information content (AvgIpc) is 2.86. The minimum atomic E-state index is -1.37. The van der Waals surface area contributed by atoms with Crippen LogP contribution < -0.4 is 10.6 Å². The van der Waals surface area contributed by atoms with Gasteiger partial charge in [-0.05, 0) is 0 Å². The molecule has 3 N–H and O–H groups in total. The number of carboxylic acid groups (broad SMARTS) is 1. The van der Waals surface area contributed by atoms with Gasteiger partial charge in [-0.15, -0.1) is 11.8 Å². The zero-order valence-electron chi connectivity index (χ0n) is 17.8. The number of morpholine rings is 1. The number of aliphatic carboxylic acids is 1. The summed E-state index contributed by atoms with van der Waals surface area (Å²) < 4.78 is 10.1. The van der Waals surface area contributed by atoms with Crippen molar-refractivity contribution in [3.05, 3.63) is 47.3 Å². The number of thioether (sulfide) groups is 1. The highest BCUT2D eigenvalue weighted by molar-refractivity contribution is 8.00. The predicted octanol–water partition coefficient (Wildman–Crippen LogP) is -0.361. The summed E-state index contributed by atoms with van der Waals surface area (Å²) in [6.07, 6.45) is -1.26. The normalized spacial score (nSPS) is 22.8. The summed E-state index contributed by atoms with van der Waals surface area (Å²) in [4.78, 5) is 63.6. The van der Waals surface area contributed by atoms with Crippen LogP contribution in [0.3, 0.4) is 0 Å². The minimum Gasteiger partial charge on any atom is -0.477 e. The second-order valence-corrected chi connectivity index (χ2v) is 8.69. The molecule has 0 saturated carbocycles. The summed E-state index contributed by atoms with van der Waals surface area (Å²) >= 11 is 1.21. The molecule has 4 rings (SSSR count). The van der Waals surface area contributed by atoms with Crippen LogP contribution in [-0.2, 0) is 28.7 Å². The van der Waals surface area contributed by atoms with Gasteiger partial charge in [0.05, 0.1) is 18.9 Å². The van der Waals surface area contributed by atoms with Crippen molar-refractivity contribution >= 4 is 42.0 Å². The summed E-state index contributed by atoms with van der Waals surface area (Å²) in [6, 6.07) is 6.82. The first kappa shape index (κ1) is 23.6. The number of nitrogens with zero attached hydrogens (tertiary/aromatic N) is 2. The smallest absolute Gasteiger partial charge is 0.354 e. The predicted molar refractivity (Wildman–Crippen MR) is 117 cm³/mol. The highest BCUT2D eigenvalue weighted by Gasteiger charge is 2.55. The maximum atomic E-state index is 12.8. The fourth-order valence-corrected chi connectivity index (χ4v) is 5.18. The molecule has 0 spiro atoms. The third-order valence-electron chi connectivity index (χ3n) is 5.56. The lowest BCUT2D eigenvalue weighted by Gasteiger charge is -2.49. The molecule has 3 aliphatic heterocycles. The summed E-state index contributed by atoms with van der Waals surface area (Å²) in [5.41, 5.74) is 0.200. The molecule has 2 fully saturated rings. The van der Waals surface area contributed by atoms with E-state index in [9.17, 15) is 29.1 Å². The molecule has 0 aliphatic carbocycles. The molecule has 2 saturated heterocycles. The SMILES string of the molecule is O=COC(C(=O)NC1C(=O)N2C(C(=O)O)=C(NC(=O)N3CCOCC3)CS[C@@H]12)c1ccccc1. The molecule has 34 heavy (non-hydrogen) atoms. The molecular formula is C21H22N4O8S. The molecule has 12 nitrogen and oxygen atoms in total. The van der Waals surface area contributed by atoms with Crippen molar-refractivity contribution in [1.29, 1.82) is 0 Å². The Kier molecular flexibility index (Phi) is 7.03. The Morgan fingerprint density at radius 2 is 1.91 bits per heavy atom. The molecule has 2 unspecified atom stereocenters. The maximum absolute atomic E-state index is 12.8. The summed E-state index contributed by atoms with van der Waals surface area (Å²) in [7, 11) is 0. The third-order valence-corrected chi connectivity index (χ3v) is 6.84. The molecule has 4 amide bonds. The number of fused-ring (bicyclic) bond motifs is 1. The Balaban J connectivity index is 1.47. The lowest BCUT2D eigenvalue weighted by molar-refractivity contribution is -0.154. The van der Waals surface area contributed by atoms with Gasteiger partial charge in [-0.3, -0.25) is 19.3 Å². The fourth-order valence-electron chi connectivity index (χ4n) is 3.89. The zero-order valence-corrected chi connectivity index (χ0v) is 18.7. The minimum absolute atomic E-state index is 0.106. The van der Waals surface area contributed by atoms with Gasteiger partial charge in [0.1, 0.15) is 11.4 Å². The molecule has 3 aliphatic rings. The zero-order chi connectivity index (χ0) is 24.2. The Morgan fingerprint density at radius 1 is 1.21 bits per heavy atom. The van der Waals surface area contributed by atoms with Gasteiger partial charge in [-0.1, -0.05) is 30.3 Å². The van der Waals surface area contributed by atoms with Crippen molar-refractivity contribution in [2.24, 2.45) is 0 Å². The topological polar surface area (TPSA) is 155 Å². The number of hydrogen-bond donors (Lipinski definition) is 3. The number of carboxylic acids is 1. The summed E-state index contributed by atoms with van der Waals surface area (Å²) in [6.45, 7) is 1.67. The Labute approximate surface area is 198 Å². The van der Waals surface area contributed by atoms with E-state index in [2.05, 4.69) is 10.6 Å². The first-order valence-electron chi connectivity index (χ1n) is 10.4. The van der Waals surface area contributed by atoms with Gasteiger partial charge in [-0.2, -0.15) is 0 Å². The van der Waals surface area contributed by atoms with Crippen LogP contribution in [0.15, 0.2) is 41.7 Å². The molecule has 1 aromatic rings. The molecule has 13 heteroatoms. The van der Waals surface area contributed by atoms with Crippen LogP contribution in [-0.4, -0.2) is 88.7 Å². The standard InChI is InChI=1S/C21H22N4O8S/c26-11-33-16(12-4-2-1-3-5-12)17(27)23-14-18(28)25-15(20(29)30)13(10-34-19(14)25)22-21(31)24-6-8-32-9-7-24/h1-5,11,14,16,19H,6-10H2,(H,22,31)(H,23,27)(H,29,30)/t14?,16?,19-/m0/s1. The number of hydrogen-bond acceptors (Lipinski definition) is 8. The average molecular weight is 490 g/mol. The number of urea groups is 1. The fraction of sp³-hybridized carbons (Fsp3) is 0.381. The van der Waals surface area contributed by atoms with Crippen LogP contribution >= 0.6 is 11.8 Å². The third kappa shape index (κ3) is 4.56. The van der Waals surface area contributed by atoms with Gasteiger partial charge in [0.25, 0.3) is 18.3 Å². The largest absolute Gasteiger partial charge is 0.477 e. The van der Waals surface area contributed by atoms with E-state index in [0.29, 0.717) is 31.9 Å². The van der Waals surface area contributed by atoms with Gasteiger partial charge in [0.2, 0.25) is 6.10 Å². The van der Waals surface area contributed by atoms with Crippen LogP contribution in [0.2, 0.25) is 0 Å². The number of benzene rings is 1. The lowest BCUT2D eigenvalue weighted by Crippen LogP contribution is -2.71. The number of rotatable bonds is 7. The molecule has 3 atom stereocenters. The number of carbonyl (C=O) groups is 5. The van der Waals surface area contributed by atoms with Crippen molar-refractivity contribution in [2.45, 2.75) is 17.5 Å². The van der Waals surface area contributed by atoms with Gasteiger partial charge < -0.3 is 30.1 Å². The maximum Gasteiger partial charge on any atom is 0.354 e. The van der Waals surface area contributed by atoms with Crippen molar-refractivity contribution in [2.75, 3.05) is 32.1 Å². The van der Waals surface area contributed by atoms with E-state index in [4.69, 9.17) is 9.47 Å². The van der Waals surface area contributed by atoms with Crippen molar-refractivity contribution < 1.29 is 38.6 Å². The molecule has 1 aromatic carbocycles. The highest BCUT2D eigenvalue weighted by Crippen LogP contribution is 2.40. The number of nitrogens with one attached hydrogen (secondary N) is 2. The van der Waals surface area contributed by atoms with E-state index in [1.807, 2.05) is 0 Å². The lowest BCUT2D eigenvalue weighted by atomic mass is 10.0. The molecule has 0 bridgehead atoms. The molecule has 180 valence electrons. The van der Waals surface area contributed by atoms with Crippen molar-refractivity contribution in [3.8, 4) is 0 Å². The first-order valence-corrected chi connectivity index (χ1v) is 11.5. The monoisotopic (exact) mass is 490 g/mol. The number of carbonyl (C=O) groups excluding carboxylic acids is 4. The second kappa shape index (κ2) is 10.1. The van der Waals surface area contributed by atoms with Gasteiger partial charge in [0, 0.05) is 24.4 Å². The number of ether oxygens (including phenoxy) is 2. The summed E-state index contributed by atoms with van der Waals surface area (Å²) in [5, 5.41) is 14.2. The van der Waals surface area contributed by atoms with E-state index < -0.39 is 41.3 Å². The Hall–Kier alpha value is -3.58. The number of β-lactam (4-membered cyclic amide) rings is 1. The van der Waals surface area contributed by atoms with E-state index in [-0.39, 0.29) is 23.6 Å². The van der Waals surface area contributed by atoms with Crippen molar-refractivity contribution in [3.63, 3.8) is 0 Å². The quantitative estimate of drug-likeness (QED) is 0.343. The van der Waals surface area contributed by atoms with Gasteiger partial charge in [0.15, 0.2) is 5.70 Å². The van der Waals surface area contributed by atoms with Crippen LogP contribution in [0.4, 0.5) is 4.79 Å². The highest BCUT2D eigenvalue weighted by atomic mass is 32.2. The van der Waals surface area contributed by atoms with E-state index >= 15 is 0 Å². The van der Waals surface area contributed by atoms with Crippen molar-refractivity contribution in [1.82, 2.24) is 20.4 Å². The first-order chi connectivity index (χ1) is 16.4. The van der Waals surface area contributed by atoms with E-state index in [1.54, 1.807) is 30.3 Å². The molecule has 3 heterocycles. The summed E-state index contributed by atoms with van der Waals surface area (Å²) in [5.74, 6) is -2.60. The Morgan fingerprint density at radius 3 is 2.56 bits per heavy atom. The molecular weight excluding hydrogens is 468 g/mol. The van der Waals surface area contributed by atoms with E-state index in [1.165, 1.54) is 16.7 Å². The molecule has 0 radical (unpaired) electrons. The van der Waals surface area contributed by atoms with Crippen LogP contribution in [0, 0.1) is 0 Å². The van der Waals surface area contributed by atoms with Crippen LogP contribution in [0.25, 0.3) is 0 Å². The van der Waals surface area contributed by atoms with Gasteiger partial charge >= 0.3 is 12.0 Å². The Bertz CT molecular complexity index is 1030. The van der Waals surface area contributed by atoms with Crippen LogP contribution in [0.5, 0.6) is 0 Å². The van der Waals surface area contributed by atoms with E-state index in [0.717, 1.165) is 4.90 Å². The molecule has 0 aromatic heterocycles. The van der Waals surface area contributed by atoms with Gasteiger partial charge in [-0.25, -0.2) is 9.59 Å².